The first-order chi connectivity index (χ1) is 10.2. The van der Waals surface area contributed by atoms with Crippen LogP contribution in [0.15, 0.2) is 60.7 Å². The SMILES string of the molecule is CC1(CO)C(=O)NN(c2ccccc2)C1c1ccccc1. The number of nitrogens with zero attached hydrogens (tertiary/aromatic N) is 1. The Bertz CT molecular complexity index is 630. The van der Waals surface area contributed by atoms with Gasteiger partial charge in [0.1, 0.15) is 0 Å². The number of hydrogen-bond donors (Lipinski definition) is 2. The normalized spacial score (nSPS) is 25.0. The number of rotatable bonds is 3. The zero-order valence-corrected chi connectivity index (χ0v) is 11.9. The van der Waals surface area contributed by atoms with E-state index >= 15 is 0 Å². The Morgan fingerprint density at radius 2 is 1.67 bits per heavy atom. The van der Waals surface area contributed by atoms with Crippen molar-refractivity contribution < 1.29 is 9.90 Å². The van der Waals surface area contributed by atoms with Crippen LogP contribution >= 0.6 is 0 Å². The molecule has 4 nitrogen and oxygen atoms in total. The van der Waals surface area contributed by atoms with Gasteiger partial charge in [0.25, 0.3) is 0 Å². The second-order valence-corrected chi connectivity index (χ2v) is 5.54. The highest BCUT2D eigenvalue weighted by molar-refractivity contribution is 5.89. The van der Waals surface area contributed by atoms with E-state index in [2.05, 4.69) is 5.43 Å². The lowest BCUT2D eigenvalue weighted by molar-refractivity contribution is -0.129. The summed E-state index contributed by atoms with van der Waals surface area (Å²) in [6.45, 7) is 1.59. The number of hydrazine groups is 1. The van der Waals surface area contributed by atoms with Crippen molar-refractivity contribution in [2.45, 2.75) is 13.0 Å². The largest absolute Gasteiger partial charge is 0.395 e. The zero-order chi connectivity index (χ0) is 14.9. The number of anilines is 1. The van der Waals surface area contributed by atoms with E-state index in [1.165, 1.54) is 0 Å². The van der Waals surface area contributed by atoms with Gasteiger partial charge in [0, 0.05) is 0 Å². The third-order valence-electron chi connectivity index (χ3n) is 4.08. The number of aliphatic hydroxyl groups excluding tert-OH is 1. The fourth-order valence-corrected chi connectivity index (χ4v) is 2.82. The first kappa shape index (κ1) is 13.6. The molecule has 2 unspecified atom stereocenters. The van der Waals surface area contributed by atoms with Gasteiger partial charge in [0.15, 0.2) is 0 Å². The summed E-state index contributed by atoms with van der Waals surface area (Å²) < 4.78 is 0. The van der Waals surface area contributed by atoms with Gasteiger partial charge in [0.05, 0.1) is 23.8 Å². The molecule has 2 aromatic rings. The van der Waals surface area contributed by atoms with Crippen molar-refractivity contribution in [1.29, 1.82) is 0 Å². The Kier molecular flexibility index (Phi) is 3.39. The summed E-state index contributed by atoms with van der Waals surface area (Å²) in [7, 11) is 0. The molecule has 1 aliphatic rings. The van der Waals surface area contributed by atoms with Crippen LogP contribution in [0.25, 0.3) is 0 Å². The highest BCUT2D eigenvalue weighted by Gasteiger charge is 2.51. The van der Waals surface area contributed by atoms with Crippen molar-refractivity contribution in [2.24, 2.45) is 5.41 Å². The maximum absolute atomic E-state index is 12.4. The van der Waals surface area contributed by atoms with Crippen molar-refractivity contribution in [1.82, 2.24) is 5.43 Å². The van der Waals surface area contributed by atoms with E-state index in [4.69, 9.17) is 0 Å². The lowest BCUT2D eigenvalue weighted by Crippen LogP contribution is -2.35. The molecule has 1 heterocycles. The Balaban J connectivity index is 2.10. The smallest absolute Gasteiger partial charge is 0.249 e. The van der Waals surface area contributed by atoms with Crippen LogP contribution in [0.2, 0.25) is 0 Å². The summed E-state index contributed by atoms with van der Waals surface area (Å²) >= 11 is 0. The zero-order valence-electron chi connectivity index (χ0n) is 11.9. The summed E-state index contributed by atoms with van der Waals surface area (Å²) in [6.07, 6.45) is 0. The van der Waals surface area contributed by atoms with E-state index in [0.717, 1.165) is 11.3 Å². The van der Waals surface area contributed by atoms with Gasteiger partial charge in [-0.1, -0.05) is 48.5 Å². The second-order valence-electron chi connectivity index (χ2n) is 5.54. The standard InChI is InChI=1S/C17H18N2O2/c1-17(12-20)15(13-8-4-2-5-9-13)19(18-16(17)21)14-10-6-3-7-11-14/h2-11,15,20H,12H2,1H3,(H,18,21). The number of carbonyl (C=O) groups is 1. The van der Waals surface area contributed by atoms with E-state index < -0.39 is 5.41 Å². The molecule has 0 aliphatic carbocycles. The summed E-state index contributed by atoms with van der Waals surface area (Å²) in [5.41, 5.74) is 3.91. The van der Waals surface area contributed by atoms with Gasteiger partial charge in [-0.3, -0.25) is 15.2 Å². The van der Waals surface area contributed by atoms with Gasteiger partial charge in [-0.25, -0.2) is 0 Å². The maximum atomic E-state index is 12.4. The van der Waals surface area contributed by atoms with Crippen LogP contribution in [0, 0.1) is 5.41 Å². The molecule has 3 rings (SSSR count). The van der Waals surface area contributed by atoms with Crippen LogP contribution in [0.5, 0.6) is 0 Å². The molecule has 0 radical (unpaired) electrons. The summed E-state index contributed by atoms with van der Waals surface area (Å²) in [4.78, 5) is 12.4. The van der Waals surface area contributed by atoms with E-state index in [-0.39, 0.29) is 18.6 Å². The summed E-state index contributed by atoms with van der Waals surface area (Å²) in [5, 5.41) is 11.6. The number of carbonyl (C=O) groups excluding carboxylic acids is 1. The van der Waals surface area contributed by atoms with E-state index in [1.807, 2.05) is 65.7 Å². The number of para-hydroxylation sites is 1. The lowest BCUT2D eigenvalue weighted by atomic mass is 9.80. The number of aliphatic hydroxyl groups is 1. The molecule has 2 N–H and O–H groups in total. The number of amides is 1. The molecule has 21 heavy (non-hydrogen) atoms. The molecule has 0 spiro atoms. The number of benzene rings is 2. The van der Waals surface area contributed by atoms with E-state index in [0.29, 0.717) is 0 Å². The third kappa shape index (κ3) is 2.17. The molecule has 1 fully saturated rings. The molecule has 2 atom stereocenters. The molecule has 0 bridgehead atoms. The third-order valence-corrected chi connectivity index (χ3v) is 4.08. The average Bonchev–Trinajstić information content (AvgIpc) is 2.81. The van der Waals surface area contributed by atoms with Crippen molar-refractivity contribution in [3.05, 3.63) is 66.2 Å². The summed E-state index contributed by atoms with van der Waals surface area (Å²) in [5.74, 6) is -0.164. The van der Waals surface area contributed by atoms with Crippen molar-refractivity contribution in [3.8, 4) is 0 Å². The highest BCUT2D eigenvalue weighted by atomic mass is 16.3. The monoisotopic (exact) mass is 282 g/mol. The first-order valence-electron chi connectivity index (χ1n) is 6.98. The van der Waals surface area contributed by atoms with Crippen LogP contribution in [0.3, 0.4) is 0 Å². The van der Waals surface area contributed by atoms with Gasteiger partial charge in [-0.2, -0.15) is 0 Å². The quantitative estimate of drug-likeness (QED) is 0.908. The van der Waals surface area contributed by atoms with Crippen molar-refractivity contribution in [3.63, 3.8) is 0 Å². The fourth-order valence-electron chi connectivity index (χ4n) is 2.82. The van der Waals surface area contributed by atoms with Gasteiger partial charge >= 0.3 is 0 Å². The number of nitrogens with one attached hydrogen (secondary N) is 1. The topological polar surface area (TPSA) is 52.6 Å². The second kappa shape index (κ2) is 5.22. The van der Waals surface area contributed by atoms with Gasteiger partial charge in [-0.15, -0.1) is 0 Å². The Morgan fingerprint density at radius 1 is 1.10 bits per heavy atom. The maximum Gasteiger partial charge on any atom is 0.249 e. The molecular formula is C17H18N2O2. The van der Waals surface area contributed by atoms with Crippen LogP contribution in [-0.2, 0) is 4.79 Å². The summed E-state index contributed by atoms with van der Waals surface area (Å²) in [6, 6.07) is 19.2. The van der Waals surface area contributed by atoms with Crippen LogP contribution in [0.1, 0.15) is 18.5 Å². The molecule has 108 valence electrons. The Hall–Kier alpha value is -2.33. The van der Waals surface area contributed by atoms with Gasteiger partial charge in [0.2, 0.25) is 5.91 Å². The van der Waals surface area contributed by atoms with E-state index in [9.17, 15) is 9.90 Å². The Labute approximate surface area is 124 Å². The molecule has 1 amide bonds. The molecule has 1 saturated heterocycles. The molecular weight excluding hydrogens is 264 g/mol. The molecule has 4 heteroatoms. The van der Waals surface area contributed by atoms with Crippen molar-refractivity contribution >= 4 is 11.6 Å². The molecule has 0 saturated carbocycles. The average molecular weight is 282 g/mol. The van der Waals surface area contributed by atoms with Gasteiger partial charge in [-0.05, 0) is 24.6 Å². The minimum atomic E-state index is -0.878. The van der Waals surface area contributed by atoms with Crippen LogP contribution < -0.4 is 10.4 Å². The minimum absolute atomic E-state index is 0.164. The minimum Gasteiger partial charge on any atom is -0.395 e. The van der Waals surface area contributed by atoms with E-state index in [1.54, 1.807) is 6.92 Å². The highest BCUT2D eigenvalue weighted by Crippen LogP contribution is 2.44. The lowest BCUT2D eigenvalue weighted by Gasteiger charge is -2.32. The fraction of sp³-hybridized carbons (Fsp3) is 0.235. The first-order valence-corrected chi connectivity index (χ1v) is 6.98. The predicted octanol–water partition coefficient (Wildman–Crippen LogP) is 2.28. The van der Waals surface area contributed by atoms with Crippen LogP contribution in [0.4, 0.5) is 5.69 Å². The molecule has 1 aliphatic heterocycles. The van der Waals surface area contributed by atoms with Crippen LogP contribution in [-0.4, -0.2) is 17.6 Å². The molecule has 0 aromatic heterocycles. The predicted molar refractivity (Wildman–Crippen MR) is 81.4 cm³/mol. The van der Waals surface area contributed by atoms with Crippen molar-refractivity contribution in [2.75, 3.05) is 11.6 Å². The molecule has 2 aromatic carbocycles. The Morgan fingerprint density at radius 3 is 2.24 bits per heavy atom. The van der Waals surface area contributed by atoms with Gasteiger partial charge < -0.3 is 5.11 Å². The number of hydrogen-bond acceptors (Lipinski definition) is 3.